The predicted octanol–water partition coefficient (Wildman–Crippen LogP) is 9.17. The summed E-state index contributed by atoms with van der Waals surface area (Å²) in [6, 6.07) is 4.82. The molecule has 3 aromatic carbocycles. The maximum Gasteiger partial charge on any atom is 0.573 e. The second kappa shape index (κ2) is 12.4. The van der Waals surface area contributed by atoms with Gasteiger partial charge in [0.25, 0.3) is 11.8 Å². The van der Waals surface area contributed by atoms with Crippen molar-refractivity contribution >= 4 is 45.8 Å². The summed E-state index contributed by atoms with van der Waals surface area (Å²) in [7, 11) is 0.955. The molecule has 0 atom stereocenters. The monoisotopic (exact) mass is 794 g/mol. The number of rotatable bonds is 6. The van der Waals surface area contributed by atoms with Gasteiger partial charge in [-0.25, -0.2) is 8.78 Å². The van der Waals surface area contributed by atoms with Crippen molar-refractivity contribution in [2.45, 2.75) is 30.6 Å². The highest BCUT2D eigenvalue weighted by Crippen LogP contribution is 2.54. The van der Waals surface area contributed by atoms with E-state index in [-0.39, 0.29) is 11.6 Å². The Morgan fingerprint density at radius 2 is 1.35 bits per heavy atom. The van der Waals surface area contributed by atoms with E-state index in [4.69, 9.17) is 0 Å². The third-order valence-corrected chi connectivity index (χ3v) is 6.89. The van der Waals surface area contributed by atoms with E-state index < -0.39 is 91.6 Å². The Bertz CT molecular complexity index is 1620. The van der Waals surface area contributed by atoms with E-state index in [0.29, 0.717) is 11.0 Å². The lowest BCUT2D eigenvalue weighted by Gasteiger charge is -2.31. The first-order chi connectivity index (χ1) is 20.8. The fourth-order valence-electron chi connectivity index (χ4n) is 3.88. The molecule has 0 bridgehead atoms. The lowest BCUT2D eigenvalue weighted by molar-refractivity contribution is -0.348. The molecule has 0 saturated heterocycles. The van der Waals surface area contributed by atoms with Crippen LogP contribution in [-0.2, 0) is 11.8 Å². The van der Waals surface area contributed by atoms with Crippen molar-refractivity contribution in [1.82, 2.24) is 0 Å². The molecule has 0 aliphatic carbocycles. The molecule has 0 fully saturated rings. The standard InChI is InChI=1S/C26H13F14IN2O3/c1-43(21(45)11-5-7-13(8-6-11)46-26(38,39)40)17-4-2-3-14(18(17)27)20(44)42-19-15(23(29,30)31)9-12(10-16(19)41)22(28,24(32,33)34)25(35,36)37/h2-10H,1H3,(H,42,44). The van der Waals surface area contributed by atoms with Crippen molar-refractivity contribution in [2.24, 2.45) is 0 Å². The molecule has 3 aromatic rings. The number of benzene rings is 3. The van der Waals surface area contributed by atoms with Crippen molar-refractivity contribution in [2.75, 3.05) is 17.3 Å². The predicted molar refractivity (Wildman–Crippen MR) is 139 cm³/mol. The molecule has 5 nitrogen and oxygen atoms in total. The van der Waals surface area contributed by atoms with E-state index in [1.54, 1.807) is 5.32 Å². The SMILES string of the molecule is CN(C(=O)c1ccc(OC(F)(F)F)cc1)c1cccc(C(=O)Nc2c(I)cc(C(F)(C(F)(F)F)C(F)(F)F)cc2C(F)(F)F)c1F. The van der Waals surface area contributed by atoms with E-state index in [0.717, 1.165) is 66.0 Å². The minimum absolute atomic E-state index is 0.226. The number of carbonyl (C=O) groups is 2. The molecule has 250 valence electrons. The van der Waals surface area contributed by atoms with Gasteiger partial charge in [-0.3, -0.25) is 9.59 Å². The Kier molecular flexibility index (Phi) is 9.87. The van der Waals surface area contributed by atoms with Crippen molar-refractivity contribution in [3.05, 3.63) is 86.2 Å². The van der Waals surface area contributed by atoms with Crippen molar-refractivity contribution in [1.29, 1.82) is 0 Å². The minimum Gasteiger partial charge on any atom is -0.406 e. The normalized spacial score (nSPS) is 13.0. The molecule has 0 aliphatic rings. The lowest BCUT2D eigenvalue weighted by Crippen LogP contribution is -2.50. The zero-order valence-corrected chi connectivity index (χ0v) is 24.2. The Balaban J connectivity index is 2.01. The highest BCUT2D eigenvalue weighted by Gasteiger charge is 2.73. The van der Waals surface area contributed by atoms with Crippen molar-refractivity contribution in [3.63, 3.8) is 0 Å². The van der Waals surface area contributed by atoms with Gasteiger partial charge in [0.05, 0.1) is 22.5 Å². The molecule has 20 heteroatoms. The van der Waals surface area contributed by atoms with Crippen molar-refractivity contribution in [3.8, 4) is 5.75 Å². The van der Waals surface area contributed by atoms with Crippen LogP contribution in [0.5, 0.6) is 5.75 Å². The first kappa shape index (κ1) is 36.6. The smallest absolute Gasteiger partial charge is 0.406 e. The summed E-state index contributed by atoms with van der Waals surface area (Å²) < 4.78 is 190. The van der Waals surface area contributed by atoms with Crippen LogP contribution in [0.2, 0.25) is 0 Å². The number of halogens is 15. The molecule has 0 unspecified atom stereocenters. The molecule has 0 heterocycles. The van der Waals surface area contributed by atoms with Gasteiger partial charge in [0, 0.05) is 21.7 Å². The Labute approximate surface area is 261 Å². The number of carbonyl (C=O) groups excluding carboxylic acids is 2. The van der Waals surface area contributed by atoms with E-state index in [2.05, 4.69) is 4.74 Å². The lowest BCUT2D eigenvalue weighted by atomic mass is 9.92. The number of anilines is 2. The van der Waals surface area contributed by atoms with Crippen LogP contribution >= 0.6 is 22.6 Å². The molecule has 0 spiro atoms. The Morgan fingerprint density at radius 3 is 1.83 bits per heavy atom. The van der Waals surface area contributed by atoms with Crippen LogP contribution in [0.1, 0.15) is 31.8 Å². The van der Waals surface area contributed by atoms with Crippen LogP contribution in [-0.4, -0.2) is 37.6 Å². The number of ether oxygens (including phenoxy) is 1. The van der Waals surface area contributed by atoms with Crippen molar-refractivity contribution < 1.29 is 75.8 Å². The average Bonchev–Trinajstić information content (AvgIpc) is 2.90. The fraction of sp³-hybridized carbons (Fsp3) is 0.231. The number of alkyl halides is 13. The quantitative estimate of drug-likeness (QED) is 0.200. The van der Waals surface area contributed by atoms with Crippen LogP contribution in [0.4, 0.5) is 72.8 Å². The maximum absolute atomic E-state index is 15.4. The molecule has 2 amide bonds. The maximum atomic E-state index is 15.4. The van der Waals surface area contributed by atoms with E-state index in [1.807, 2.05) is 0 Å². The molecule has 3 rings (SSSR count). The van der Waals surface area contributed by atoms with Crippen LogP contribution in [0, 0.1) is 9.39 Å². The third kappa shape index (κ3) is 7.41. The molecule has 0 saturated carbocycles. The summed E-state index contributed by atoms with van der Waals surface area (Å²) >= 11 is 0.817. The number of nitrogens with zero attached hydrogens (tertiary/aromatic N) is 1. The summed E-state index contributed by atoms with van der Waals surface area (Å²) in [6.45, 7) is 0. The second-order valence-electron chi connectivity index (χ2n) is 9.06. The number of hydrogen-bond acceptors (Lipinski definition) is 3. The molecule has 1 N–H and O–H groups in total. The average molecular weight is 794 g/mol. The highest BCUT2D eigenvalue weighted by atomic mass is 127. The molecule has 0 aromatic heterocycles. The first-order valence-corrected chi connectivity index (χ1v) is 12.8. The molecule has 0 radical (unpaired) electrons. The molecule has 46 heavy (non-hydrogen) atoms. The van der Waals surface area contributed by atoms with E-state index >= 15 is 4.39 Å². The van der Waals surface area contributed by atoms with Crippen LogP contribution in [0.25, 0.3) is 0 Å². The van der Waals surface area contributed by atoms with Gasteiger partial charge in [0.15, 0.2) is 5.82 Å². The molecule has 0 aliphatic heterocycles. The Hall–Kier alpha value is -3.85. The van der Waals surface area contributed by atoms with Crippen LogP contribution in [0.15, 0.2) is 54.6 Å². The van der Waals surface area contributed by atoms with Crippen LogP contribution < -0.4 is 15.0 Å². The van der Waals surface area contributed by atoms with Gasteiger partial charge in [-0.15, -0.1) is 13.2 Å². The molecular formula is C26H13F14IN2O3. The van der Waals surface area contributed by atoms with E-state index in [9.17, 15) is 66.7 Å². The number of amides is 2. The molecular weight excluding hydrogens is 781 g/mol. The number of nitrogens with one attached hydrogen (secondary N) is 1. The topological polar surface area (TPSA) is 58.6 Å². The van der Waals surface area contributed by atoms with Gasteiger partial charge in [0.1, 0.15) is 5.75 Å². The van der Waals surface area contributed by atoms with Gasteiger partial charge in [0.2, 0.25) is 0 Å². The second-order valence-corrected chi connectivity index (χ2v) is 10.2. The first-order valence-electron chi connectivity index (χ1n) is 11.8. The number of hydrogen-bond donors (Lipinski definition) is 1. The van der Waals surface area contributed by atoms with Gasteiger partial charge >= 0.3 is 30.6 Å². The summed E-state index contributed by atoms with van der Waals surface area (Å²) in [5, 5.41) is 1.55. The zero-order valence-electron chi connectivity index (χ0n) is 22.0. The summed E-state index contributed by atoms with van der Waals surface area (Å²) in [4.78, 5) is 26.2. The van der Waals surface area contributed by atoms with Gasteiger partial charge in [-0.1, -0.05) is 6.07 Å². The summed E-state index contributed by atoms with van der Waals surface area (Å²) in [5.74, 6) is -5.02. The summed E-state index contributed by atoms with van der Waals surface area (Å²) in [5.41, 5.74) is -14.6. The van der Waals surface area contributed by atoms with Gasteiger partial charge < -0.3 is 15.0 Å². The van der Waals surface area contributed by atoms with E-state index in [1.165, 1.54) is 0 Å². The van der Waals surface area contributed by atoms with Gasteiger partial charge in [-0.2, -0.15) is 39.5 Å². The summed E-state index contributed by atoms with van der Waals surface area (Å²) in [6.07, 6.45) is -24.3. The fourth-order valence-corrected chi connectivity index (χ4v) is 4.64. The minimum atomic E-state index is -6.76. The van der Waals surface area contributed by atoms with Crippen LogP contribution in [0.3, 0.4) is 0 Å². The third-order valence-electron chi connectivity index (χ3n) is 6.04. The largest absolute Gasteiger partial charge is 0.573 e. The Morgan fingerprint density at radius 1 is 0.804 bits per heavy atom. The highest BCUT2D eigenvalue weighted by molar-refractivity contribution is 14.1. The van der Waals surface area contributed by atoms with Gasteiger partial charge in [-0.05, 0) is 71.1 Å². The zero-order chi connectivity index (χ0) is 35.2.